The van der Waals surface area contributed by atoms with Crippen molar-refractivity contribution in [2.45, 2.75) is 68.3 Å². The molecule has 3 aromatic carbocycles. The molecule has 276 valence electrons. The van der Waals surface area contributed by atoms with Crippen molar-refractivity contribution in [2.24, 2.45) is 0 Å². The van der Waals surface area contributed by atoms with Crippen LogP contribution in [0, 0.1) is 0 Å². The number of aliphatic hydroxyl groups is 5. The van der Waals surface area contributed by atoms with Gasteiger partial charge in [0.2, 0.25) is 17.5 Å². The molecular weight excluding hydrogens is 688 g/mol. The fourth-order valence-electron chi connectivity index (χ4n) is 5.80. The van der Waals surface area contributed by atoms with E-state index in [-0.39, 0.29) is 22.7 Å². The number of carbonyl (C=O) groups is 1. The fraction of sp³-hybridized carbons (Fsp3) is 0.333. The van der Waals surface area contributed by atoms with Crippen molar-refractivity contribution in [1.29, 1.82) is 0 Å². The lowest BCUT2D eigenvalue weighted by molar-refractivity contribution is -0.355. The SMILES string of the molecule is C[C@@H]1O[C@@H](Oc2c(-c3ccc(O)cc3)oc3cc(O)cc(O)c3c2=O)[C@H](O[C@@H]2O[C@H](COC(=O)/C=C/c3ccccc3)[C@@H](O)[C@H](O)[C@H]2O)[C@H](O)[C@H]1O. The first-order valence-corrected chi connectivity index (χ1v) is 16.1. The minimum Gasteiger partial charge on any atom is -0.508 e. The van der Waals surface area contributed by atoms with E-state index in [0.29, 0.717) is 0 Å². The van der Waals surface area contributed by atoms with Crippen LogP contribution in [0.2, 0.25) is 0 Å². The normalized spacial score (nSPS) is 29.3. The quantitative estimate of drug-likeness (QED) is 0.0880. The number of phenolic OH excluding ortho intramolecular Hbond substituents is 3. The minimum atomic E-state index is -1.95. The number of carbonyl (C=O) groups excluding carboxylic acids is 1. The molecule has 0 radical (unpaired) electrons. The van der Waals surface area contributed by atoms with Gasteiger partial charge in [-0.1, -0.05) is 30.3 Å². The van der Waals surface area contributed by atoms with E-state index in [9.17, 15) is 50.4 Å². The van der Waals surface area contributed by atoms with Crippen LogP contribution in [0.5, 0.6) is 23.0 Å². The van der Waals surface area contributed by atoms with E-state index in [0.717, 1.165) is 23.8 Å². The topological polar surface area (TPSA) is 255 Å². The van der Waals surface area contributed by atoms with Crippen molar-refractivity contribution in [1.82, 2.24) is 0 Å². The van der Waals surface area contributed by atoms with Crippen molar-refractivity contribution in [2.75, 3.05) is 6.61 Å². The van der Waals surface area contributed by atoms with Crippen LogP contribution in [0.1, 0.15) is 12.5 Å². The van der Waals surface area contributed by atoms with E-state index in [4.69, 9.17) is 28.1 Å². The lowest BCUT2D eigenvalue weighted by atomic mass is 9.97. The number of esters is 1. The Kier molecular flexibility index (Phi) is 10.8. The van der Waals surface area contributed by atoms with Crippen LogP contribution in [0.4, 0.5) is 0 Å². The molecule has 0 saturated carbocycles. The monoisotopic (exact) mass is 724 g/mol. The summed E-state index contributed by atoms with van der Waals surface area (Å²) in [4.78, 5) is 26.3. The number of hydrogen-bond acceptors (Lipinski definition) is 16. The maximum absolute atomic E-state index is 13.9. The number of aliphatic hydroxyl groups excluding tert-OH is 5. The molecule has 10 atom stereocenters. The van der Waals surface area contributed by atoms with E-state index in [2.05, 4.69) is 0 Å². The molecular formula is C36H36O16. The first kappa shape index (κ1) is 36.7. The number of rotatable bonds is 9. The molecule has 2 aliphatic rings. The summed E-state index contributed by atoms with van der Waals surface area (Å²) < 4.78 is 34.4. The second kappa shape index (κ2) is 15.3. The third kappa shape index (κ3) is 7.59. The van der Waals surface area contributed by atoms with Crippen LogP contribution in [-0.4, -0.2) is 115 Å². The lowest BCUT2D eigenvalue weighted by Gasteiger charge is -2.45. The van der Waals surface area contributed by atoms with E-state index in [1.165, 1.54) is 37.3 Å². The molecule has 16 nitrogen and oxygen atoms in total. The molecule has 3 heterocycles. The van der Waals surface area contributed by atoms with Gasteiger partial charge in [-0.05, 0) is 42.8 Å². The van der Waals surface area contributed by atoms with Gasteiger partial charge >= 0.3 is 5.97 Å². The summed E-state index contributed by atoms with van der Waals surface area (Å²) in [6, 6.07) is 16.2. The second-order valence-corrected chi connectivity index (χ2v) is 12.3. The second-order valence-electron chi connectivity index (χ2n) is 12.3. The summed E-state index contributed by atoms with van der Waals surface area (Å²) in [6.45, 7) is 0.792. The van der Waals surface area contributed by atoms with Crippen LogP contribution >= 0.6 is 0 Å². The number of aromatic hydroxyl groups is 3. The summed E-state index contributed by atoms with van der Waals surface area (Å²) in [6.07, 6.45) is -14.4. The third-order valence-electron chi connectivity index (χ3n) is 8.63. The number of ether oxygens (including phenoxy) is 5. The molecule has 2 fully saturated rings. The summed E-state index contributed by atoms with van der Waals surface area (Å²) in [7, 11) is 0. The maximum atomic E-state index is 13.9. The molecule has 0 amide bonds. The predicted octanol–water partition coefficient (Wildman–Crippen LogP) is 0.872. The number of benzene rings is 3. The van der Waals surface area contributed by atoms with E-state index >= 15 is 0 Å². The Labute approximate surface area is 294 Å². The Morgan fingerprint density at radius 3 is 2.23 bits per heavy atom. The molecule has 6 rings (SSSR count). The molecule has 4 aromatic rings. The number of phenols is 3. The molecule has 52 heavy (non-hydrogen) atoms. The highest BCUT2D eigenvalue weighted by Gasteiger charge is 2.51. The van der Waals surface area contributed by atoms with Gasteiger partial charge in [0.25, 0.3) is 0 Å². The van der Waals surface area contributed by atoms with Gasteiger partial charge in [0.05, 0.1) is 6.10 Å². The zero-order valence-electron chi connectivity index (χ0n) is 27.3. The van der Waals surface area contributed by atoms with Gasteiger partial charge in [0.15, 0.2) is 18.2 Å². The van der Waals surface area contributed by atoms with Crippen molar-refractivity contribution in [3.05, 3.63) is 88.6 Å². The molecule has 8 N–H and O–H groups in total. The van der Waals surface area contributed by atoms with E-state index in [1.807, 2.05) is 0 Å². The van der Waals surface area contributed by atoms with Crippen molar-refractivity contribution in [3.63, 3.8) is 0 Å². The Morgan fingerprint density at radius 1 is 0.808 bits per heavy atom. The Balaban J connectivity index is 1.28. The third-order valence-corrected chi connectivity index (χ3v) is 8.63. The van der Waals surface area contributed by atoms with Gasteiger partial charge in [-0.3, -0.25) is 4.79 Å². The highest BCUT2D eigenvalue weighted by atomic mass is 16.8. The van der Waals surface area contributed by atoms with Gasteiger partial charge < -0.3 is 69.0 Å². The molecule has 2 saturated heterocycles. The Bertz CT molecular complexity index is 1960. The van der Waals surface area contributed by atoms with Gasteiger partial charge in [0.1, 0.15) is 71.4 Å². The Morgan fingerprint density at radius 2 is 1.52 bits per heavy atom. The zero-order chi connectivity index (χ0) is 37.3. The highest BCUT2D eigenvalue weighted by Crippen LogP contribution is 2.38. The molecule has 2 aliphatic heterocycles. The van der Waals surface area contributed by atoms with Crippen LogP contribution in [0.3, 0.4) is 0 Å². The molecule has 16 heteroatoms. The zero-order valence-corrected chi connectivity index (χ0v) is 27.3. The van der Waals surface area contributed by atoms with Gasteiger partial charge in [0, 0.05) is 23.8 Å². The minimum absolute atomic E-state index is 0.116. The van der Waals surface area contributed by atoms with E-state index < -0.39 is 102 Å². The van der Waals surface area contributed by atoms with Crippen LogP contribution in [0.25, 0.3) is 28.4 Å². The van der Waals surface area contributed by atoms with Crippen LogP contribution in [0.15, 0.2) is 82.0 Å². The van der Waals surface area contributed by atoms with E-state index in [1.54, 1.807) is 30.3 Å². The lowest BCUT2D eigenvalue weighted by Crippen LogP contribution is -2.64. The van der Waals surface area contributed by atoms with Crippen molar-refractivity contribution >= 4 is 23.0 Å². The molecule has 0 spiro atoms. The predicted molar refractivity (Wildman–Crippen MR) is 178 cm³/mol. The first-order valence-electron chi connectivity index (χ1n) is 16.1. The average molecular weight is 725 g/mol. The summed E-state index contributed by atoms with van der Waals surface area (Å²) >= 11 is 0. The highest BCUT2D eigenvalue weighted by molar-refractivity contribution is 5.88. The first-order chi connectivity index (χ1) is 24.8. The van der Waals surface area contributed by atoms with Crippen LogP contribution < -0.4 is 10.2 Å². The molecule has 0 unspecified atom stereocenters. The molecule has 0 bridgehead atoms. The van der Waals surface area contributed by atoms with Gasteiger partial charge in [-0.25, -0.2) is 4.79 Å². The largest absolute Gasteiger partial charge is 0.508 e. The van der Waals surface area contributed by atoms with Crippen LogP contribution in [-0.2, 0) is 23.7 Å². The standard InChI is InChI=1S/C36H36O16/c1-16-26(41)30(45)34(52-35-31(46)29(44)27(42)23(50-35)15-47-24(40)12-7-17-5-3-2-4-6-17)36(48-16)51-33-28(43)25-21(39)13-20(38)14-22(25)49-32(33)18-8-10-19(37)11-9-18/h2-14,16,23,26-27,29-31,34-39,41-42,44-46H,15H2,1H3/b12-7+/t16-,23+,26-,27+,29-,30+,31+,34+,35-,36-/m0/s1. The summed E-state index contributed by atoms with van der Waals surface area (Å²) in [5.41, 5.74) is -0.272. The molecule has 1 aromatic heterocycles. The smallest absolute Gasteiger partial charge is 0.330 e. The maximum Gasteiger partial charge on any atom is 0.330 e. The average Bonchev–Trinajstić information content (AvgIpc) is 3.12. The van der Waals surface area contributed by atoms with Gasteiger partial charge in [-0.2, -0.15) is 0 Å². The summed E-state index contributed by atoms with van der Waals surface area (Å²) in [5.74, 6) is -2.82. The number of fused-ring (bicyclic) bond motifs is 1. The molecule has 0 aliphatic carbocycles. The fourth-order valence-corrected chi connectivity index (χ4v) is 5.80. The van der Waals surface area contributed by atoms with Gasteiger partial charge in [-0.15, -0.1) is 0 Å². The summed E-state index contributed by atoms with van der Waals surface area (Å²) in [5, 5.41) is 84.0. The Hall–Kier alpha value is -5.04. The number of hydrogen-bond donors (Lipinski definition) is 8. The van der Waals surface area contributed by atoms with Crippen molar-refractivity contribution < 1.29 is 73.7 Å². The van der Waals surface area contributed by atoms with Crippen molar-refractivity contribution in [3.8, 4) is 34.3 Å².